The van der Waals surface area contributed by atoms with Gasteiger partial charge in [0.2, 0.25) is 0 Å². The monoisotopic (exact) mass is 270 g/mol. The smallest absolute Gasteiger partial charge is 0.130 e. The van der Waals surface area contributed by atoms with Crippen molar-refractivity contribution in [3.8, 4) is 11.5 Å². The quantitative estimate of drug-likeness (QED) is 0.892. The Hall–Kier alpha value is -1.87. The lowest BCUT2D eigenvalue weighted by Crippen LogP contribution is -2.22. The number of rotatable bonds is 5. The molecule has 0 saturated carbocycles. The molecule has 0 fully saturated rings. The third-order valence-corrected chi connectivity index (χ3v) is 3.05. The Bertz CT molecular complexity index is 579. The number of hydrogen-bond donors (Lipinski definition) is 1. The molecular weight excluding hydrogens is 248 g/mol. The van der Waals surface area contributed by atoms with Crippen LogP contribution in [0, 0.1) is 13.8 Å². The molecule has 0 amide bonds. The van der Waals surface area contributed by atoms with E-state index in [1.54, 1.807) is 6.20 Å². The molecule has 0 atom stereocenters. The van der Waals surface area contributed by atoms with E-state index in [9.17, 15) is 0 Å². The summed E-state index contributed by atoms with van der Waals surface area (Å²) in [7, 11) is 0. The molecule has 0 aliphatic heterocycles. The van der Waals surface area contributed by atoms with Gasteiger partial charge in [0, 0.05) is 24.8 Å². The van der Waals surface area contributed by atoms with Gasteiger partial charge in [-0.05, 0) is 37.1 Å². The maximum Gasteiger partial charge on any atom is 0.130 e. The van der Waals surface area contributed by atoms with Crippen molar-refractivity contribution in [3.63, 3.8) is 0 Å². The maximum atomic E-state index is 5.97. The molecule has 1 heterocycles. The van der Waals surface area contributed by atoms with Crippen molar-refractivity contribution in [1.29, 1.82) is 0 Å². The predicted octanol–water partition coefficient (Wildman–Crippen LogP) is 3.99. The van der Waals surface area contributed by atoms with Gasteiger partial charge in [0.05, 0.1) is 5.69 Å². The summed E-state index contributed by atoms with van der Waals surface area (Å²) >= 11 is 0. The van der Waals surface area contributed by atoms with Crippen LogP contribution in [0.25, 0.3) is 0 Å². The third kappa shape index (κ3) is 4.07. The maximum absolute atomic E-state index is 5.97. The number of nitrogens with zero attached hydrogens (tertiary/aromatic N) is 1. The van der Waals surface area contributed by atoms with Crippen molar-refractivity contribution in [2.45, 2.75) is 40.3 Å². The van der Waals surface area contributed by atoms with E-state index in [0.717, 1.165) is 29.3 Å². The van der Waals surface area contributed by atoms with E-state index in [4.69, 9.17) is 4.74 Å². The molecule has 0 radical (unpaired) electrons. The standard InChI is InChI=1S/C17H22N2O/c1-12(2)19-11-15-10-16(7-8-18-15)20-17-9-13(3)5-6-14(17)4/h5-10,12,19H,11H2,1-4H3. The largest absolute Gasteiger partial charge is 0.457 e. The second-order valence-corrected chi connectivity index (χ2v) is 5.39. The van der Waals surface area contributed by atoms with Crippen LogP contribution in [0.2, 0.25) is 0 Å². The first kappa shape index (κ1) is 14.5. The SMILES string of the molecule is Cc1ccc(C)c(Oc2ccnc(CNC(C)C)c2)c1. The van der Waals surface area contributed by atoms with Crippen LogP contribution >= 0.6 is 0 Å². The van der Waals surface area contributed by atoms with Gasteiger partial charge in [-0.25, -0.2) is 0 Å². The van der Waals surface area contributed by atoms with E-state index < -0.39 is 0 Å². The average molecular weight is 270 g/mol. The second-order valence-electron chi connectivity index (χ2n) is 5.39. The lowest BCUT2D eigenvalue weighted by atomic mass is 10.1. The zero-order valence-electron chi connectivity index (χ0n) is 12.6. The van der Waals surface area contributed by atoms with Crippen LogP contribution < -0.4 is 10.1 Å². The van der Waals surface area contributed by atoms with Crippen LogP contribution in [0.4, 0.5) is 0 Å². The summed E-state index contributed by atoms with van der Waals surface area (Å²) in [5.41, 5.74) is 3.32. The Balaban J connectivity index is 2.13. The van der Waals surface area contributed by atoms with Gasteiger partial charge in [-0.15, -0.1) is 0 Å². The number of benzene rings is 1. The normalized spacial score (nSPS) is 10.8. The Morgan fingerprint density at radius 1 is 1.15 bits per heavy atom. The number of hydrogen-bond acceptors (Lipinski definition) is 3. The fourth-order valence-corrected chi connectivity index (χ4v) is 1.87. The zero-order chi connectivity index (χ0) is 14.5. The number of nitrogens with one attached hydrogen (secondary N) is 1. The van der Waals surface area contributed by atoms with Crippen LogP contribution in [0.3, 0.4) is 0 Å². The van der Waals surface area contributed by atoms with Crippen molar-refractivity contribution >= 4 is 0 Å². The van der Waals surface area contributed by atoms with Gasteiger partial charge in [-0.3, -0.25) is 4.98 Å². The Labute approximate surface area is 121 Å². The summed E-state index contributed by atoms with van der Waals surface area (Å²) in [6, 6.07) is 10.5. The Morgan fingerprint density at radius 3 is 2.70 bits per heavy atom. The van der Waals surface area contributed by atoms with Crippen LogP contribution in [0.5, 0.6) is 11.5 Å². The van der Waals surface area contributed by atoms with Gasteiger partial charge in [0.1, 0.15) is 11.5 Å². The first-order valence-electron chi connectivity index (χ1n) is 6.98. The molecule has 1 aromatic heterocycles. The molecule has 0 bridgehead atoms. The molecule has 1 aromatic carbocycles. The summed E-state index contributed by atoms with van der Waals surface area (Å²) in [6.07, 6.45) is 1.79. The van der Waals surface area contributed by atoms with Crippen molar-refractivity contribution in [3.05, 3.63) is 53.3 Å². The molecule has 2 rings (SSSR count). The fraction of sp³-hybridized carbons (Fsp3) is 0.353. The average Bonchev–Trinajstić information content (AvgIpc) is 2.41. The van der Waals surface area contributed by atoms with Crippen LogP contribution in [-0.2, 0) is 6.54 Å². The van der Waals surface area contributed by atoms with E-state index in [2.05, 4.69) is 56.2 Å². The number of aryl methyl sites for hydroxylation is 2. The lowest BCUT2D eigenvalue weighted by molar-refractivity contribution is 0.475. The van der Waals surface area contributed by atoms with E-state index in [0.29, 0.717) is 6.04 Å². The van der Waals surface area contributed by atoms with Gasteiger partial charge in [0.25, 0.3) is 0 Å². The number of aromatic nitrogens is 1. The van der Waals surface area contributed by atoms with Crippen molar-refractivity contribution in [2.75, 3.05) is 0 Å². The molecule has 2 aromatic rings. The van der Waals surface area contributed by atoms with Crippen LogP contribution in [-0.4, -0.2) is 11.0 Å². The molecule has 106 valence electrons. The molecular formula is C17H22N2O. The fourth-order valence-electron chi connectivity index (χ4n) is 1.87. The molecule has 0 aliphatic carbocycles. The summed E-state index contributed by atoms with van der Waals surface area (Å²) in [4.78, 5) is 4.35. The minimum Gasteiger partial charge on any atom is -0.457 e. The Kier molecular flexibility index (Phi) is 4.74. The Morgan fingerprint density at radius 2 is 1.95 bits per heavy atom. The van der Waals surface area contributed by atoms with E-state index in [-0.39, 0.29) is 0 Å². The van der Waals surface area contributed by atoms with Crippen molar-refractivity contribution < 1.29 is 4.74 Å². The number of ether oxygens (including phenoxy) is 1. The van der Waals surface area contributed by atoms with Gasteiger partial charge < -0.3 is 10.1 Å². The first-order chi connectivity index (χ1) is 9.54. The summed E-state index contributed by atoms with van der Waals surface area (Å²) in [6.45, 7) is 9.11. The number of pyridine rings is 1. The van der Waals surface area contributed by atoms with E-state index in [1.165, 1.54) is 5.56 Å². The minimum atomic E-state index is 0.445. The van der Waals surface area contributed by atoms with Gasteiger partial charge in [-0.2, -0.15) is 0 Å². The lowest BCUT2D eigenvalue weighted by Gasteiger charge is -2.11. The summed E-state index contributed by atoms with van der Waals surface area (Å²) < 4.78 is 5.97. The highest BCUT2D eigenvalue weighted by atomic mass is 16.5. The highest BCUT2D eigenvalue weighted by molar-refractivity contribution is 5.39. The van der Waals surface area contributed by atoms with Crippen LogP contribution in [0.15, 0.2) is 36.5 Å². The van der Waals surface area contributed by atoms with Crippen molar-refractivity contribution in [1.82, 2.24) is 10.3 Å². The molecule has 0 aliphatic rings. The van der Waals surface area contributed by atoms with Crippen LogP contribution in [0.1, 0.15) is 30.7 Å². The highest BCUT2D eigenvalue weighted by Gasteiger charge is 2.04. The predicted molar refractivity (Wildman–Crippen MR) is 82.2 cm³/mol. The minimum absolute atomic E-state index is 0.445. The topological polar surface area (TPSA) is 34.1 Å². The van der Waals surface area contributed by atoms with Gasteiger partial charge in [-0.1, -0.05) is 26.0 Å². The molecule has 3 nitrogen and oxygen atoms in total. The first-order valence-corrected chi connectivity index (χ1v) is 6.98. The molecule has 0 spiro atoms. The third-order valence-electron chi connectivity index (χ3n) is 3.05. The summed E-state index contributed by atoms with van der Waals surface area (Å²) in [5.74, 6) is 1.73. The van der Waals surface area contributed by atoms with E-state index in [1.807, 2.05) is 12.1 Å². The molecule has 0 saturated heterocycles. The highest BCUT2D eigenvalue weighted by Crippen LogP contribution is 2.26. The second kappa shape index (κ2) is 6.53. The summed E-state index contributed by atoms with van der Waals surface area (Å²) in [5, 5.41) is 3.36. The van der Waals surface area contributed by atoms with E-state index >= 15 is 0 Å². The zero-order valence-corrected chi connectivity index (χ0v) is 12.6. The van der Waals surface area contributed by atoms with Crippen molar-refractivity contribution in [2.24, 2.45) is 0 Å². The molecule has 1 N–H and O–H groups in total. The molecule has 20 heavy (non-hydrogen) atoms. The molecule has 0 unspecified atom stereocenters. The molecule has 3 heteroatoms. The van der Waals surface area contributed by atoms with Gasteiger partial charge >= 0.3 is 0 Å². The van der Waals surface area contributed by atoms with Gasteiger partial charge in [0.15, 0.2) is 0 Å².